The Kier molecular flexibility index (Phi) is 9.35. The van der Waals surface area contributed by atoms with Crippen LogP contribution in [0.5, 0.6) is 0 Å². The van der Waals surface area contributed by atoms with Gasteiger partial charge in [0.05, 0.1) is 0 Å². The van der Waals surface area contributed by atoms with Gasteiger partial charge in [0.15, 0.2) is 0 Å². The van der Waals surface area contributed by atoms with Crippen LogP contribution in [0.1, 0.15) is 33.1 Å². The van der Waals surface area contributed by atoms with Crippen molar-refractivity contribution in [1.29, 1.82) is 0 Å². The number of rotatable bonds is 9. The summed E-state index contributed by atoms with van der Waals surface area (Å²) < 4.78 is 0. The zero-order valence-electron chi connectivity index (χ0n) is 9.92. The summed E-state index contributed by atoms with van der Waals surface area (Å²) in [6.07, 6.45) is 3.34. The average molecular weight is 202 g/mol. The highest BCUT2D eigenvalue weighted by Gasteiger charge is 2.01. The molecule has 0 aromatic carbocycles. The van der Waals surface area contributed by atoms with Gasteiger partial charge in [0, 0.05) is 12.6 Å². The van der Waals surface area contributed by atoms with E-state index in [1.807, 2.05) is 0 Å². The molecule has 3 nitrogen and oxygen atoms in total. The van der Waals surface area contributed by atoms with Crippen LogP contribution in [0.2, 0.25) is 0 Å². The first-order valence-electron chi connectivity index (χ1n) is 5.70. The first-order chi connectivity index (χ1) is 6.68. The van der Waals surface area contributed by atoms with Crippen LogP contribution in [0.25, 0.3) is 0 Å². The Hall–Kier alpha value is -0.120. The molecular formula is C11H26N2O. The zero-order valence-corrected chi connectivity index (χ0v) is 9.92. The van der Waals surface area contributed by atoms with Crippen LogP contribution in [0.4, 0.5) is 0 Å². The van der Waals surface area contributed by atoms with Gasteiger partial charge in [-0.1, -0.05) is 0 Å². The lowest BCUT2D eigenvalue weighted by atomic mass is 10.2. The van der Waals surface area contributed by atoms with Crippen LogP contribution in [-0.4, -0.2) is 49.3 Å². The average Bonchev–Trinajstić information content (AvgIpc) is 2.16. The number of aliphatic hydroxyl groups is 1. The van der Waals surface area contributed by atoms with Gasteiger partial charge in [-0.3, -0.25) is 0 Å². The number of nitrogens with one attached hydrogen (secondary N) is 1. The second-order valence-corrected chi connectivity index (χ2v) is 4.11. The Morgan fingerprint density at radius 2 is 1.79 bits per heavy atom. The summed E-state index contributed by atoms with van der Waals surface area (Å²) in [5.41, 5.74) is 0. The quantitative estimate of drug-likeness (QED) is 0.549. The van der Waals surface area contributed by atoms with E-state index in [1.54, 1.807) is 0 Å². The fraction of sp³-hybridized carbons (Fsp3) is 1.00. The predicted molar refractivity (Wildman–Crippen MR) is 61.6 cm³/mol. The topological polar surface area (TPSA) is 35.5 Å². The molecule has 0 heterocycles. The van der Waals surface area contributed by atoms with Crippen molar-refractivity contribution >= 4 is 0 Å². The van der Waals surface area contributed by atoms with Crippen molar-refractivity contribution in [2.24, 2.45) is 0 Å². The van der Waals surface area contributed by atoms with Gasteiger partial charge >= 0.3 is 0 Å². The fourth-order valence-electron chi connectivity index (χ4n) is 1.20. The first-order valence-corrected chi connectivity index (χ1v) is 5.70. The molecule has 2 N–H and O–H groups in total. The van der Waals surface area contributed by atoms with E-state index in [9.17, 15) is 0 Å². The minimum Gasteiger partial charge on any atom is -0.396 e. The van der Waals surface area contributed by atoms with Gasteiger partial charge in [0.25, 0.3) is 0 Å². The van der Waals surface area contributed by atoms with Gasteiger partial charge in [-0.2, -0.15) is 0 Å². The molecule has 0 unspecified atom stereocenters. The van der Waals surface area contributed by atoms with Gasteiger partial charge in [-0.25, -0.2) is 0 Å². The lowest BCUT2D eigenvalue weighted by Gasteiger charge is -2.20. The molecule has 3 heteroatoms. The smallest absolute Gasteiger partial charge is 0.0443 e. The summed E-state index contributed by atoms with van der Waals surface area (Å²) in [5, 5.41) is 11.9. The second-order valence-electron chi connectivity index (χ2n) is 4.11. The van der Waals surface area contributed by atoms with Crippen molar-refractivity contribution in [3.8, 4) is 0 Å². The third-order valence-electron chi connectivity index (χ3n) is 2.51. The third kappa shape index (κ3) is 8.48. The largest absolute Gasteiger partial charge is 0.396 e. The fourth-order valence-corrected chi connectivity index (χ4v) is 1.20. The zero-order chi connectivity index (χ0) is 10.8. The lowest BCUT2D eigenvalue weighted by Crippen LogP contribution is -2.28. The normalized spacial score (nSPS) is 11.6. The van der Waals surface area contributed by atoms with Crippen LogP contribution < -0.4 is 5.32 Å². The minimum absolute atomic E-state index is 0.295. The number of hydrogen-bond acceptors (Lipinski definition) is 3. The second kappa shape index (κ2) is 9.44. The molecule has 0 saturated heterocycles. The molecule has 0 radical (unpaired) electrons. The first kappa shape index (κ1) is 13.9. The molecule has 0 aliphatic rings. The van der Waals surface area contributed by atoms with Crippen LogP contribution in [-0.2, 0) is 0 Å². The number of nitrogens with zero attached hydrogens (tertiary/aromatic N) is 1. The van der Waals surface area contributed by atoms with E-state index in [0.29, 0.717) is 12.6 Å². The summed E-state index contributed by atoms with van der Waals surface area (Å²) in [6.45, 7) is 7.93. The third-order valence-corrected chi connectivity index (χ3v) is 2.51. The van der Waals surface area contributed by atoms with Gasteiger partial charge in [0.1, 0.15) is 0 Å². The molecule has 0 aromatic rings. The Morgan fingerprint density at radius 1 is 1.14 bits per heavy atom. The van der Waals surface area contributed by atoms with E-state index in [0.717, 1.165) is 19.5 Å². The van der Waals surface area contributed by atoms with Crippen molar-refractivity contribution in [1.82, 2.24) is 10.2 Å². The van der Waals surface area contributed by atoms with Crippen LogP contribution in [0.15, 0.2) is 0 Å². The Balaban J connectivity index is 3.06. The maximum Gasteiger partial charge on any atom is 0.0443 e. The molecule has 0 aliphatic heterocycles. The van der Waals surface area contributed by atoms with E-state index >= 15 is 0 Å². The van der Waals surface area contributed by atoms with E-state index in [-0.39, 0.29) is 0 Å². The Labute approximate surface area is 88.5 Å². The van der Waals surface area contributed by atoms with Gasteiger partial charge in [0.2, 0.25) is 0 Å². The van der Waals surface area contributed by atoms with Gasteiger partial charge in [-0.15, -0.1) is 0 Å². The summed E-state index contributed by atoms with van der Waals surface area (Å²) >= 11 is 0. The minimum atomic E-state index is 0.295. The van der Waals surface area contributed by atoms with Crippen molar-refractivity contribution in [3.05, 3.63) is 0 Å². The standard InChI is InChI=1S/C11H26N2O/c1-11(2)13(3)9-5-4-7-12-8-6-10-14/h11-12,14H,4-10H2,1-3H3. The van der Waals surface area contributed by atoms with Crippen molar-refractivity contribution in [2.45, 2.75) is 39.2 Å². The molecular weight excluding hydrogens is 176 g/mol. The highest BCUT2D eigenvalue weighted by Crippen LogP contribution is 1.97. The maximum atomic E-state index is 8.56. The maximum absolute atomic E-state index is 8.56. The molecule has 0 saturated carbocycles. The van der Waals surface area contributed by atoms with Crippen molar-refractivity contribution in [2.75, 3.05) is 33.3 Å². The Bertz CT molecular complexity index is 118. The molecule has 0 rings (SSSR count). The molecule has 0 aliphatic carbocycles. The SMILES string of the molecule is CC(C)N(C)CCCCNCCCO. The molecule has 0 bridgehead atoms. The molecule has 0 spiro atoms. The number of aliphatic hydroxyl groups excluding tert-OH is 1. The van der Waals surface area contributed by atoms with E-state index in [1.165, 1.54) is 19.4 Å². The molecule has 0 fully saturated rings. The van der Waals surface area contributed by atoms with E-state index < -0.39 is 0 Å². The predicted octanol–water partition coefficient (Wildman–Crippen LogP) is 1.08. The number of hydrogen-bond donors (Lipinski definition) is 2. The summed E-state index contributed by atoms with van der Waals surface area (Å²) in [6, 6.07) is 0.650. The van der Waals surface area contributed by atoms with Gasteiger partial charge < -0.3 is 15.3 Å². The summed E-state index contributed by atoms with van der Waals surface area (Å²) in [5.74, 6) is 0. The summed E-state index contributed by atoms with van der Waals surface area (Å²) in [7, 11) is 2.17. The molecule has 0 amide bonds. The molecule has 14 heavy (non-hydrogen) atoms. The molecule has 0 atom stereocenters. The van der Waals surface area contributed by atoms with Crippen LogP contribution >= 0.6 is 0 Å². The number of unbranched alkanes of at least 4 members (excludes halogenated alkanes) is 1. The highest BCUT2D eigenvalue weighted by atomic mass is 16.3. The Morgan fingerprint density at radius 3 is 2.36 bits per heavy atom. The molecule has 0 aromatic heterocycles. The monoisotopic (exact) mass is 202 g/mol. The van der Waals surface area contributed by atoms with Crippen LogP contribution in [0.3, 0.4) is 0 Å². The van der Waals surface area contributed by atoms with E-state index in [2.05, 4.69) is 31.1 Å². The highest BCUT2D eigenvalue weighted by molar-refractivity contribution is 4.57. The van der Waals surface area contributed by atoms with Crippen molar-refractivity contribution < 1.29 is 5.11 Å². The lowest BCUT2D eigenvalue weighted by molar-refractivity contribution is 0.266. The van der Waals surface area contributed by atoms with Crippen LogP contribution in [0, 0.1) is 0 Å². The van der Waals surface area contributed by atoms with E-state index in [4.69, 9.17) is 5.11 Å². The molecule has 86 valence electrons. The summed E-state index contributed by atoms with van der Waals surface area (Å²) in [4.78, 5) is 2.37. The van der Waals surface area contributed by atoms with Gasteiger partial charge in [-0.05, 0) is 59.8 Å². The van der Waals surface area contributed by atoms with Crippen molar-refractivity contribution in [3.63, 3.8) is 0 Å².